The Kier molecular flexibility index (Phi) is 8.57. The van der Waals surface area contributed by atoms with Gasteiger partial charge in [-0.2, -0.15) is 0 Å². The van der Waals surface area contributed by atoms with Gasteiger partial charge in [0.2, 0.25) is 5.91 Å². The topological polar surface area (TPSA) is 118 Å². The van der Waals surface area contributed by atoms with Crippen molar-refractivity contribution in [2.75, 3.05) is 23.3 Å². The highest BCUT2D eigenvalue weighted by atomic mass is 32.2. The summed E-state index contributed by atoms with van der Waals surface area (Å²) in [5, 5.41) is 5.51. The van der Waals surface area contributed by atoms with Crippen LogP contribution in [0, 0.1) is 6.92 Å². The number of rotatable bonds is 10. The summed E-state index contributed by atoms with van der Waals surface area (Å²) in [5.74, 6) is -0.497. The SMILES string of the molecule is COc1ccc(S(=O)(=O)N(CC(=O)Nc2ccccc2C(=O)NCc2cccnc2)c2ccc(C)cc2)cc1. The van der Waals surface area contributed by atoms with Gasteiger partial charge in [-0.05, 0) is 67.1 Å². The standard InChI is InChI=1S/C29H28N4O5S/c1-21-9-11-23(12-10-21)33(39(36,37)25-15-13-24(38-2)14-16-25)20-28(34)32-27-8-4-3-7-26(27)29(35)31-19-22-6-5-17-30-18-22/h3-18H,19-20H2,1-2H3,(H,31,35)(H,32,34). The number of carbonyl (C=O) groups excluding carboxylic acids is 2. The minimum Gasteiger partial charge on any atom is -0.497 e. The van der Waals surface area contributed by atoms with Gasteiger partial charge in [0.15, 0.2) is 0 Å². The number of benzene rings is 3. The average molecular weight is 545 g/mol. The number of ether oxygens (including phenoxy) is 1. The van der Waals surface area contributed by atoms with Crippen LogP contribution in [0.1, 0.15) is 21.5 Å². The number of hydrogen-bond acceptors (Lipinski definition) is 6. The number of nitrogens with zero attached hydrogens (tertiary/aromatic N) is 2. The molecule has 0 spiro atoms. The first-order chi connectivity index (χ1) is 18.8. The van der Waals surface area contributed by atoms with E-state index in [4.69, 9.17) is 4.74 Å². The first-order valence-electron chi connectivity index (χ1n) is 12.1. The smallest absolute Gasteiger partial charge is 0.264 e. The van der Waals surface area contributed by atoms with E-state index in [1.807, 2.05) is 13.0 Å². The van der Waals surface area contributed by atoms with Crippen molar-refractivity contribution in [3.05, 3.63) is 114 Å². The number of amides is 2. The third-order valence-corrected chi connectivity index (χ3v) is 7.67. The molecule has 0 aliphatic rings. The van der Waals surface area contributed by atoms with Crippen molar-refractivity contribution in [1.29, 1.82) is 0 Å². The molecule has 2 N–H and O–H groups in total. The molecule has 2 amide bonds. The van der Waals surface area contributed by atoms with Crippen molar-refractivity contribution >= 4 is 33.2 Å². The van der Waals surface area contributed by atoms with Gasteiger partial charge >= 0.3 is 0 Å². The van der Waals surface area contributed by atoms with Gasteiger partial charge in [-0.3, -0.25) is 18.9 Å². The molecule has 9 nitrogen and oxygen atoms in total. The molecule has 10 heteroatoms. The third kappa shape index (κ3) is 6.79. The Bertz CT molecular complexity index is 1540. The normalized spacial score (nSPS) is 10.9. The van der Waals surface area contributed by atoms with E-state index in [1.165, 1.54) is 19.2 Å². The second kappa shape index (κ2) is 12.2. The zero-order valence-electron chi connectivity index (χ0n) is 21.5. The second-order valence-electron chi connectivity index (χ2n) is 8.66. The molecule has 0 unspecified atom stereocenters. The Morgan fingerprint density at radius 3 is 2.31 bits per heavy atom. The van der Waals surface area contributed by atoms with Gasteiger partial charge in [0, 0.05) is 18.9 Å². The summed E-state index contributed by atoms with van der Waals surface area (Å²) in [6.45, 7) is 1.63. The highest BCUT2D eigenvalue weighted by Gasteiger charge is 2.28. The van der Waals surface area contributed by atoms with Crippen LogP contribution in [0.25, 0.3) is 0 Å². The molecule has 3 aromatic carbocycles. The fourth-order valence-corrected chi connectivity index (χ4v) is 5.21. The monoisotopic (exact) mass is 544 g/mol. The van der Waals surface area contributed by atoms with Crippen molar-refractivity contribution in [1.82, 2.24) is 10.3 Å². The zero-order valence-corrected chi connectivity index (χ0v) is 22.3. The maximum atomic E-state index is 13.6. The van der Waals surface area contributed by atoms with E-state index in [-0.39, 0.29) is 22.7 Å². The highest BCUT2D eigenvalue weighted by Crippen LogP contribution is 2.26. The fraction of sp³-hybridized carbons (Fsp3) is 0.138. The Hall–Kier alpha value is -4.70. The number of pyridine rings is 1. The first kappa shape index (κ1) is 27.3. The number of aromatic nitrogens is 1. The Morgan fingerprint density at radius 2 is 1.64 bits per heavy atom. The second-order valence-corrected chi connectivity index (χ2v) is 10.5. The molecule has 0 bridgehead atoms. The van der Waals surface area contributed by atoms with E-state index in [0.29, 0.717) is 11.4 Å². The molecule has 0 saturated heterocycles. The van der Waals surface area contributed by atoms with Gasteiger partial charge in [0.05, 0.1) is 28.9 Å². The van der Waals surface area contributed by atoms with E-state index >= 15 is 0 Å². The maximum absolute atomic E-state index is 13.6. The first-order valence-corrected chi connectivity index (χ1v) is 13.5. The van der Waals surface area contributed by atoms with Crippen LogP contribution in [-0.4, -0.2) is 38.9 Å². The molecule has 200 valence electrons. The summed E-state index contributed by atoms with van der Waals surface area (Å²) in [4.78, 5) is 30.1. The molecule has 4 rings (SSSR count). The van der Waals surface area contributed by atoms with Crippen LogP contribution in [0.4, 0.5) is 11.4 Å². The summed E-state index contributed by atoms with van der Waals surface area (Å²) < 4.78 is 33.4. The third-order valence-electron chi connectivity index (χ3n) is 5.88. The molecule has 1 aromatic heterocycles. The molecule has 1 heterocycles. The van der Waals surface area contributed by atoms with Crippen LogP contribution in [0.5, 0.6) is 5.75 Å². The van der Waals surface area contributed by atoms with Crippen molar-refractivity contribution in [3.8, 4) is 5.75 Å². The summed E-state index contributed by atoms with van der Waals surface area (Å²) >= 11 is 0. The Balaban J connectivity index is 1.56. The lowest BCUT2D eigenvalue weighted by atomic mass is 10.1. The van der Waals surface area contributed by atoms with E-state index in [1.54, 1.807) is 79.1 Å². The van der Waals surface area contributed by atoms with Gasteiger partial charge in [-0.25, -0.2) is 8.42 Å². The van der Waals surface area contributed by atoms with Crippen molar-refractivity contribution in [2.24, 2.45) is 0 Å². The predicted octanol–water partition coefficient (Wildman–Crippen LogP) is 4.16. The van der Waals surface area contributed by atoms with E-state index < -0.39 is 28.4 Å². The number of nitrogens with one attached hydrogen (secondary N) is 2. The summed E-state index contributed by atoms with van der Waals surface area (Å²) in [5.41, 5.74) is 2.60. The lowest BCUT2D eigenvalue weighted by Crippen LogP contribution is -2.38. The molecule has 0 saturated carbocycles. The zero-order chi connectivity index (χ0) is 27.8. The highest BCUT2D eigenvalue weighted by molar-refractivity contribution is 7.92. The molecule has 0 radical (unpaired) electrons. The van der Waals surface area contributed by atoms with Crippen molar-refractivity contribution in [3.63, 3.8) is 0 Å². The number of hydrogen-bond donors (Lipinski definition) is 2. The number of aryl methyl sites for hydroxylation is 1. The Labute approximate surface area is 227 Å². The van der Waals surface area contributed by atoms with E-state index in [9.17, 15) is 18.0 Å². The summed E-state index contributed by atoms with van der Waals surface area (Å²) in [6, 6.07) is 22.9. The van der Waals surface area contributed by atoms with Crippen LogP contribution in [0.2, 0.25) is 0 Å². The maximum Gasteiger partial charge on any atom is 0.264 e. The number of sulfonamides is 1. The number of carbonyl (C=O) groups is 2. The van der Waals surface area contributed by atoms with Crippen LogP contribution in [0.3, 0.4) is 0 Å². The lowest BCUT2D eigenvalue weighted by molar-refractivity contribution is -0.114. The Morgan fingerprint density at radius 1 is 0.923 bits per heavy atom. The van der Waals surface area contributed by atoms with E-state index in [0.717, 1.165) is 15.4 Å². The van der Waals surface area contributed by atoms with Crippen LogP contribution in [0.15, 0.2) is 102 Å². The van der Waals surface area contributed by atoms with Gasteiger partial charge in [0.25, 0.3) is 15.9 Å². The minimum atomic E-state index is -4.11. The lowest BCUT2D eigenvalue weighted by Gasteiger charge is -2.24. The number of methoxy groups -OCH3 is 1. The number of para-hydroxylation sites is 1. The quantitative estimate of drug-likeness (QED) is 0.310. The fourth-order valence-electron chi connectivity index (χ4n) is 3.79. The van der Waals surface area contributed by atoms with Crippen LogP contribution in [-0.2, 0) is 21.4 Å². The van der Waals surface area contributed by atoms with E-state index in [2.05, 4.69) is 15.6 Å². The molecule has 0 aliphatic carbocycles. The molecule has 4 aromatic rings. The van der Waals surface area contributed by atoms with Crippen molar-refractivity contribution < 1.29 is 22.7 Å². The molecule has 0 atom stereocenters. The largest absolute Gasteiger partial charge is 0.497 e. The van der Waals surface area contributed by atoms with Crippen molar-refractivity contribution in [2.45, 2.75) is 18.4 Å². The van der Waals surface area contributed by atoms with Crippen LogP contribution >= 0.6 is 0 Å². The predicted molar refractivity (Wildman–Crippen MR) is 149 cm³/mol. The van der Waals surface area contributed by atoms with Crippen LogP contribution < -0.4 is 19.7 Å². The molecular weight excluding hydrogens is 516 g/mol. The molecular formula is C29H28N4O5S. The average Bonchev–Trinajstić information content (AvgIpc) is 2.96. The summed E-state index contributed by atoms with van der Waals surface area (Å²) in [6.07, 6.45) is 3.29. The van der Waals surface area contributed by atoms with Gasteiger partial charge < -0.3 is 15.4 Å². The molecule has 0 aliphatic heterocycles. The minimum absolute atomic E-state index is 0.00635. The van der Waals surface area contributed by atoms with Gasteiger partial charge in [-0.15, -0.1) is 0 Å². The van der Waals surface area contributed by atoms with Gasteiger partial charge in [0.1, 0.15) is 12.3 Å². The molecule has 0 fully saturated rings. The molecule has 39 heavy (non-hydrogen) atoms. The summed E-state index contributed by atoms with van der Waals surface area (Å²) in [7, 11) is -2.62. The van der Waals surface area contributed by atoms with Gasteiger partial charge in [-0.1, -0.05) is 35.9 Å². The number of anilines is 2.